The SMILES string of the molecule is COC(=O)N1CCC2(COCC(=O)N2)C1COC1CCC(c2c(F)cccc2OCC(=O)OC(C)(C)C)CC1. The highest BCUT2D eigenvalue weighted by Gasteiger charge is 2.52. The zero-order valence-corrected chi connectivity index (χ0v) is 23.1. The Balaban J connectivity index is 1.36. The van der Waals surface area contributed by atoms with Gasteiger partial charge >= 0.3 is 12.1 Å². The number of halogens is 1. The lowest BCUT2D eigenvalue weighted by Crippen LogP contribution is -2.65. The second kappa shape index (κ2) is 12.1. The molecule has 2 amide bonds. The third kappa shape index (κ3) is 7.00. The van der Waals surface area contributed by atoms with Gasteiger partial charge in [-0.1, -0.05) is 6.07 Å². The summed E-state index contributed by atoms with van der Waals surface area (Å²) >= 11 is 0. The molecule has 2 aliphatic heterocycles. The van der Waals surface area contributed by atoms with Gasteiger partial charge in [-0.15, -0.1) is 0 Å². The molecule has 4 rings (SSSR count). The molecule has 216 valence electrons. The average molecular weight is 551 g/mol. The summed E-state index contributed by atoms with van der Waals surface area (Å²) in [5, 5.41) is 3.03. The van der Waals surface area contributed by atoms with Crippen molar-refractivity contribution in [1.82, 2.24) is 10.2 Å². The summed E-state index contributed by atoms with van der Waals surface area (Å²) in [6, 6.07) is 4.22. The molecular weight excluding hydrogens is 511 g/mol. The molecule has 2 unspecified atom stereocenters. The van der Waals surface area contributed by atoms with Gasteiger partial charge in [-0.3, -0.25) is 4.79 Å². The molecule has 1 aromatic carbocycles. The van der Waals surface area contributed by atoms with Crippen molar-refractivity contribution in [3.63, 3.8) is 0 Å². The first kappa shape index (κ1) is 29.1. The summed E-state index contributed by atoms with van der Waals surface area (Å²) in [5.41, 5.74) is -0.882. The summed E-state index contributed by atoms with van der Waals surface area (Å²) < 4.78 is 42.7. The van der Waals surface area contributed by atoms with E-state index in [2.05, 4.69) is 5.32 Å². The summed E-state index contributed by atoms with van der Waals surface area (Å²) in [6.45, 7) is 5.97. The van der Waals surface area contributed by atoms with Gasteiger partial charge in [-0.05, 0) is 70.9 Å². The molecular formula is C28H39FN2O8. The Morgan fingerprint density at radius 2 is 1.95 bits per heavy atom. The van der Waals surface area contributed by atoms with Crippen LogP contribution in [0.2, 0.25) is 0 Å². The quantitative estimate of drug-likeness (QED) is 0.515. The van der Waals surface area contributed by atoms with E-state index in [-0.39, 0.29) is 43.6 Å². The molecule has 3 aliphatic rings. The molecule has 11 heteroatoms. The van der Waals surface area contributed by atoms with E-state index in [4.69, 9.17) is 23.7 Å². The molecule has 3 fully saturated rings. The number of ether oxygens (including phenoxy) is 5. The first-order valence-electron chi connectivity index (χ1n) is 13.5. The first-order chi connectivity index (χ1) is 18.5. The number of amides is 2. The maximum atomic E-state index is 14.9. The van der Waals surface area contributed by atoms with Crippen LogP contribution in [0.5, 0.6) is 5.75 Å². The molecule has 10 nitrogen and oxygen atoms in total. The third-order valence-electron chi connectivity index (χ3n) is 7.55. The fourth-order valence-corrected chi connectivity index (χ4v) is 5.81. The smallest absolute Gasteiger partial charge is 0.409 e. The van der Waals surface area contributed by atoms with Crippen LogP contribution < -0.4 is 10.1 Å². The van der Waals surface area contributed by atoms with Gasteiger partial charge in [0.15, 0.2) is 6.61 Å². The standard InChI is InChI=1S/C28H39FN2O8/c1-27(2,3)39-24(33)16-38-21-7-5-6-20(29)25(21)18-8-10-19(11-9-18)37-14-22-28(17-36-15-23(32)30-28)12-13-31(22)26(34)35-4/h5-7,18-19,22H,8-17H2,1-4H3,(H,30,32). The molecule has 1 saturated carbocycles. The lowest BCUT2D eigenvalue weighted by Gasteiger charge is -2.41. The van der Waals surface area contributed by atoms with E-state index >= 15 is 0 Å². The highest BCUT2D eigenvalue weighted by Crippen LogP contribution is 2.40. The number of methoxy groups -OCH3 is 1. The Bertz CT molecular complexity index is 1050. The number of nitrogens with one attached hydrogen (secondary N) is 1. The molecule has 0 radical (unpaired) electrons. The zero-order valence-electron chi connectivity index (χ0n) is 23.1. The largest absolute Gasteiger partial charge is 0.482 e. The summed E-state index contributed by atoms with van der Waals surface area (Å²) in [5.74, 6) is -0.834. The predicted octanol–water partition coefficient (Wildman–Crippen LogP) is 3.31. The number of benzene rings is 1. The average Bonchev–Trinajstić information content (AvgIpc) is 3.21. The van der Waals surface area contributed by atoms with E-state index in [1.165, 1.54) is 13.2 Å². The van der Waals surface area contributed by atoms with Gasteiger partial charge in [0.1, 0.15) is 23.8 Å². The number of rotatable bonds is 7. The highest BCUT2D eigenvalue weighted by atomic mass is 19.1. The maximum absolute atomic E-state index is 14.9. The Hall–Kier alpha value is -2.92. The Kier molecular flexibility index (Phi) is 9.00. The van der Waals surface area contributed by atoms with E-state index < -0.39 is 29.2 Å². The van der Waals surface area contributed by atoms with Crippen molar-refractivity contribution in [2.45, 2.75) is 82.1 Å². The number of hydrogen-bond acceptors (Lipinski definition) is 8. The minimum absolute atomic E-state index is 0.00289. The Labute approximate surface area is 228 Å². The van der Waals surface area contributed by atoms with Crippen molar-refractivity contribution in [1.29, 1.82) is 0 Å². The molecule has 2 saturated heterocycles. The second-order valence-corrected chi connectivity index (χ2v) is 11.5. The van der Waals surface area contributed by atoms with Gasteiger partial charge in [0.25, 0.3) is 0 Å². The van der Waals surface area contributed by atoms with Crippen molar-refractivity contribution in [2.75, 3.05) is 40.1 Å². The Morgan fingerprint density at radius 1 is 1.21 bits per heavy atom. The van der Waals surface area contributed by atoms with Crippen LogP contribution in [-0.2, 0) is 28.5 Å². The Morgan fingerprint density at radius 3 is 2.62 bits per heavy atom. The van der Waals surface area contributed by atoms with Crippen LogP contribution >= 0.6 is 0 Å². The van der Waals surface area contributed by atoms with E-state index in [0.29, 0.717) is 56.6 Å². The molecule has 0 bridgehead atoms. The molecule has 2 atom stereocenters. The van der Waals surface area contributed by atoms with Crippen LogP contribution in [0.4, 0.5) is 9.18 Å². The van der Waals surface area contributed by atoms with Crippen molar-refractivity contribution < 1.29 is 42.5 Å². The minimum atomic E-state index is -0.714. The van der Waals surface area contributed by atoms with Crippen LogP contribution in [0.25, 0.3) is 0 Å². The number of carbonyl (C=O) groups excluding carboxylic acids is 3. The lowest BCUT2D eigenvalue weighted by atomic mass is 9.82. The van der Waals surface area contributed by atoms with Crippen LogP contribution in [0, 0.1) is 5.82 Å². The van der Waals surface area contributed by atoms with Gasteiger partial charge in [0, 0.05) is 12.1 Å². The van der Waals surface area contributed by atoms with Crippen molar-refractivity contribution in [3.8, 4) is 5.75 Å². The van der Waals surface area contributed by atoms with Crippen LogP contribution in [0.3, 0.4) is 0 Å². The fourth-order valence-electron chi connectivity index (χ4n) is 5.81. The van der Waals surface area contributed by atoms with Crippen molar-refractivity contribution >= 4 is 18.0 Å². The highest BCUT2D eigenvalue weighted by molar-refractivity contribution is 5.79. The molecule has 1 aliphatic carbocycles. The van der Waals surface area contributed by atoms with Gasteiger partial charge in [-0.2, -0.15) is 0 Å². The first-order valence-corrected chi connectivity index (χ1v) is 13.5. The zero-order chi connectivity index (χ0) is 28.2. The van der Waals surface area contributed by atoms with Gasteiger partial charge < -0.3 is 33.9 Å². The second-order valence-electron chi connectivity index (χ2n) is 11.5. The van der Waals surface area contributed by atoms with Gasteiger partial charge in [-0.25, -0.2) is 14.0 Å². The topological polar surface area (TPSA) is 113 Å². The third-order valence-corrected chi connectivity index (χ3v) is 7.55. The van der Waals surface area contributed by atoms with Gasteiger partial charge in [0.05, 0.1) is 38.0 Å². The summed E-state index contributed by atoms with van der Waals surface area (Å²) in [4.78, 5) is 38.3. The fraction of sp³-hybridized carbons (Fsp3) is 0.679. The van der Waals surface area contributed by atoms with E-state index in [1.54, 1.807) is 37.8 Å². The summed E-state index contributed by atoms with van der Waals surface area (Å²) in [7, 11) is 1.33. The van der Waals surface area contributed by atoms with Crippen LogP contribution in [0.15, 0.2) is 18.2 Å². The molecule has 1 N–H and O–H groups in total. The summed E-state index contributed by atoms with van der Waals surface area (Å²) in [6.07, 6.45) is 2.71. The van der Waals surface area contributed by atoms with Crippen molar-refractivity contribution in [3.05, 3.63) is 29.6 Å². The number of likely N-dealkylation sites (tertiary alicyclic amines) is 1. The van der Waals surface area contributed by atoms with Crippen molar-refractivity contribution in [2.24, 2.45) is 0 Å². The predicted molar refractivity (Wildman–Crippen MR) is 138 cm³/mol. The van der Waals surface area contributed by atoms with E-state index in [0.717, 1.165) is 0 Å². The van der Waals surface area contributed by atoms with E-state index in [1.807, 2.05) is 0 Å². The number of hydrogen-bond donors (Lipinski definition) is 1. The number of nitrogens with zero attached hydrogens (tertiary/aromatic N) is 1. The molecule has 1 spiro atoms. The normalized spacial score (nSPS) is 27.3. The molecule has 1 aromatic rings. The maximum Gasteiger partial charge on any atom is 0.409 e. The number of carbonyl (C=O) groups is 3. The number of morpholine rings is 1. The van der Waals surface area contributed by atoms with Gasteiger partial charge in [0.2, 0.25) is 5.91 Å². The molecule has 0 aromatic heterocycles. The monoisotopic (exact) mass is 550 g/mol. The molecule has 2 heterocycles. The van der Waals surface area contributed by atoms with Crippen LogP contribution in [-0.4, -0.2) is 86.2 Å². The van der Waals surface area contributed by atoms with Crippen LogP contribution in [0.1, 0.15) is 64.4 Å². The molecule has 39 heavy (non-hydrogen) atoms. The number of esters is 1. The lowest BCUT2D eigenvalue weighted by molar-refractivity contribution is -0.157. The minimum Gasteiger partial charge on any atom is -0.482 e. The van der Waals surface area contributed by atoms with E-state index in [9.17, 15) is 18.8 Å².